The van der Waals surface area contributed by atoms with E-state index in [0.29, 0.717) is 33.8 Å². The van der Waals surface area contributed by atoms with Crippen molar-refractivity contribution >= 4 is 33.8 Å². The average Bonchev–Trinajstić information content (AvgIpc) is 3.60. The van der Waals surface area contributed by atoms with Crippen LogP contribution in [-0.2, 0) is 0 Å². The van der Waals surface area contributed by atoms with Gasteiger partial charge in [-0.2, -0.15) is 0 Å². The molecule has 0 fully saturated rings. The molecule has 45 heavy (non-hydrogen) atoms. The molecule has 0 amide bonds. The molecule has 3 aliphatic rings. The van der Waals surface area contributed by atoms with Gasteiger partial charge in [0, 0.05) is 31.1 Å². The van der Waals surface area contributed by atoms with Gasteiger partial charge in [-0.05, 0) is 75.2 Å². The fourth-order valence-corrected chi connectivity index (χ4v) is 6.69. The molecule has 5 unspecified atom stereocenters. The summed E-state index contributed by atoms with van der Waals surface area (Å²) in [6, 6.07) is 16.5. The molecule has 0 bridgehead atoms. The van der Waals surface area contributed by atoms with Crippen LogP contribution >= 0.6 is 0 Å². The smallest absolute Gasteiger partial charge is 0.135 e. The average molecular weight is 594 g/mol. The third kappa shape index (κ3) is 5.09. The van der Waals surface area contributed by atoms with E-state index in [1.807, 2.05) is 60.7 Å². The highest BCUT2D eigenvalue weighted by Gasteiger charge is 2.36. The zero-order valence-electron chi connectivity index (χ0n) is 35.6. The third-order valence-corrected chi connectivity index (χ3v) is 8.56. The first-order valence-corrected chi connectivity index (χ1v) is 14.9. The monoisotopic (exact) mass is 593 g/mol. The molecule has 7 rings (SSSR count). The summed E-state index contributed by atoms with van der Waals surface area (Å²) in [4.78, 5) is 0. The van der Waals surface area contributed by atoms with Crippen LogP contribution in [0, 0.1) is 11.8 Å². The lowest BCUT2D eigenvalue weighted by molar-refractivity contribution is 0.569. The Kier molecular flexibility index (Phi) is 5.16. The fourth-order valence-electron chi connectivity index (χ4n) is 6.69. The molecule has 0 spiro atoms. The highest BCUT2D eigenvalue weighted by molar-refractivity contribution is 6.00. The molecule has 5 atom stereocenters. The Morgan fingerprint density at radius 2 is 1.71 bits per heavy atom. The summed E-state index contributed by atoms with van der Waals surface area (Å²) in [5, 5.41) is 1.81. The van der Waals surface area contributed by atoms with Gasteiger partial charge in [0.25, 0.3) is 0 Å². The van der Waals surface area contributed by atoms with E-state index in [1.165, 1.54) is 12.1 Å². The van der Waals surface area contributed by atoms with E-state index >= 15 is 0 Å². The van der Waals surface area contributed by atoms with E-state index in [0.717, 1.165) is 24.1 Å². The molecule has 0 saturated carbocycles. The number of rotatable bonds is 8. The molecule has 0 radical (unpaired) electrons. The second kappa shape index (κ2) is 12.5. The minimum atomic E-state index is -1.56. The topological polar surface area (TPSA) is 13.1 Å². The molecular formula is C44H38O. The van der Waals surface area contributed by atoms with Crippen molar-refractivity contribution in [1.29, 1.82) is 0 Å². The maximum atomic E-state index is 9.51. The third-order valence-electron chi connectivity index (χ3n) is 8.56. The lowest BCUT2D eigenvalue weighted by Crippen LogP contribution is -2.43. The van der Waals surface area contributed by atoms with Gasteiger partial charge in [0.2, 0.25) is 0 Å². The Labute approximate surface area is 281 Å². The Balaban J connectivity index is 1.79. The van der Waals surface area contributed by atoms with Crippen molar-refractivity contribution in [2.24, 2.45) is 11.8 Å². The number of para-hydroxylation sites is 1. The summed E-state index contributed by atoms with van der Waals surface area (Å²) < 4.78 is 106. The van der Waals surface area contributed by atoms with Gasteiger partial charge in [0.1, 0.15) is 11.0 Å². The summed E-state index contributed by atoms with van der Waals surface area (Å²) in [5.74, 6) is -2.93. The van der Waals surface area contributed by atoms with Crippen LogP contribution in [0.25, 0.3) is 33.8 Å². The fraction of sp³-hybridized carbons (Fsp3) is 0.136. The van der Waals surface area contributed by atoms with Gasteiger partial charge < -0.3 is 4.42 Å². The summed E-state index contributed by atoms with van der Waals surface area (Å²) in [5.41, 5.74) is 3.22. The van der Waals surface area contributed by atoms with Crippen LogP contribution in [0.5, 0.6) is 0 Å². The van der Waals surface area contributed by atoms with Crippen molar-refractivity contribution in [3.05, 3.63) is 191 Å². The molecule has 3 aromatic carbocycles. The normalized spacial score (nSPS) is 29.4. The Bertz CT molecular complexity index is 2730. The zero-order valence-corrected chi connectivity index (χ0v) is 24.6. The number of hydrogen-bond acceptors (Lipinski definition) is 1. The van der Waals surface area contributed by atoms with Crippen molar-refractivity contribution in [3.63, 3.8) is 0 Å². The van der Waals surface area contributed by atoms with Crippen LogP contribution in [0.1, 0.15) is 45.8 Å². The number of hydrogen-bond donors (Lipinski definition) is 0. The molecule has 1 nitrogen and oxygen atoms in total. The van der Waals surface area contributed by atoms with Gasteiger partial charge in [0.15, 0.2) is 0 Å². The van der Waals surface area contributed by atoms with Gasteiger partial charge >= 0.3 is 0 Å². The SMILES string of the molecule is [2H]C=C([2H])C1C(C2=c3c(oc4ccccc34)=CCC2c2ccccc2)=c2cc([2H])c([2H])c([2H])c2=C(C2=C([2H])C(/C=C/C=C\C=C)=C([2H])C([2H])C2[2H])C1C([2H])=C[2H]. The summed E-state index contributed by atoms with van der Waals surface area (Å²) >= 11 is 0. The van der Waals surface area contributed by atoms with Crippen LogP contribution in [0.3, 0.4) is 0 Å². The molecule has 0 saturated heterocycles. The van der Waals surface area contributed by atoms with Crippen LogP contribution in [0.4, 0.5) is 0 Å². The maximum Gasteiger partial charge on any atom is 0.135 e. The lowest BCUT2D eigenvalue weighted by Gasteiger charge is -2.36. The first-order valence-electron chi connectivity index (χ1n) is 20.7. The first-order chi connectivity index (χ1) is 27.0. The molecular weight excluding hydrogens is 544 g/mol. The molecule has 3 aliphatic carbocycles. The van der Waals surface area contributed by atoms with Gasteiger partial charge in [-0.3, -0.25) is 0 Å². The van der Waals surface area contributed by atoms with E-state index < -0.39 is 36.7 Å². The molecule has 1 heteroatoms. The Morgan fingerprint density at radius 3 is 2.56 bits per heavy atom. The summed E-state index contributed by atoms with van der Waals surface area (Å²) in [6.07, 6.45) is 7.36. The van der Waals surface area contributed by atoms with Crippen LogP contribution < -0.4 is 21.1 Å². The van der Waals surface area contributed by atoms with E-state index in [1.54, 1.807) is 24.3 Å². The zero-order chi connectivity index (χ0) is 40.0. The number of allylic oxidation sites excluding steroid dienone is 11. The highest BCUT2D eigenvalue weighted by Crippen LogP contribution is 2.45. The molecule has 1 heterocycles. The predicted molar refractivity (Wildman–Crippen MR) is 191 cm³/mol. The second-order valence-corrected chi connectivity index (χ2v) is 11.0. The minimum absolute atomic E-state index is 0.0335. The van der Waals surface area contributed by atoms with Crippen LogP contribution in [-0.4, -0.2) is 0 Å². The standard InChI is InChI=1S/C44H38O/c1-4-7-8-10-18-30-19-17-22-32(29-30)41-33(5-2)34(6-3)42(37-24-14-13-23-36(37)41)44-35(31-20-11-9-12-21-31)27-28-40-43(44)38-25-15-16-26-39(38)45-40/h4-16,18-21,23-26,28-29,33-35H,1-3,17,22,27H2/b8-7-,18-10+/i2D,3D,5D,6D,13D,14D,17D,19D,22D,23D,29D/b5-2?,6-3?,8-7-,18-10+. The molecule has 0 aliphatic heterocycles. The Hall–Kier alpha value is -5.14. The van der Waals surface area contributed by atoms with Crippen molar-refractivity contribution in [2.75, 3.05) is 0 Å². The molecule has 220 valence electrons. The van der Waals surface area contributed by atoms with Gasteiger partial charge in [0.05, 0.1) is 12.3 Å². The van der Waals surface area contributed by atoms with Crippen molar-refractivity contribution in [1.82, 2.24) is 0 Å². The van der Waals surface area contributed by atoms with Crippen molar-refractivity contribution in [2.45, 2.75) is 25.1 Å². The molecule has 4 aromatic rings. The van der Waals surface area contributed by atoms with Gasteiger partial charge in [-0.1, -0.05) is 134 Å². The molecule has 1 aromatic heterocycles. The first kappa shape index (κ1) is 18.6. The lowest BCUT2D eigenvalue weighted by atomic mass is 9.67. The predicted octanol–water partition coefficient (Wildman–Crippen LogP) is 8.12. The number of benzene rings is 3. The van der Waals surface area contributed by atoms with E-state index in [-0.39, 0.29) is 63.3 Å². The van der Waals surface area contributed by atoms with E-state index in [2.05, 4.69) is 6.58 Å². The molecule has 0 N–H and O–H groups in total. The van der Waals surface area contributed by atoms with Gasteiger partial charge in [-0.25, -0.2) is 0 Å². The van der Waals surface area contributed by atoms with Crippen LogP contribution in [0.2, 0.25) is 0 Å². The van der Waals surface area contributed by atoms with E-state index in [4.69, 9.17) is 12.6 Å². The largest absolute Gasteiger partial charge is 0.456 e. The van der Waals surface area contributed by atoms with Crippen molar-refractivity contribution < 1.29 is 19.5 Å². The van der Waals surface area contributed by atoms with Crippen LogP contribution in [0.15, 0.2) is 169 Å². The van der Waals surface area contributed by atoms with Gasteiger partial charge in [-0.15, -0.1) is 13.1 Å². The summed E-state index contributed by atoms with van der Waals surface area (Å²) in [6.45, 7) is 5.33. The highest BCUT2D eigenvalue weighted by atomic mass is 16.3. The summed E-state index contributed by atoms with van der Waals surface area (Å²) in [7, 11) is 0. The Morgan fingerprint density at radius 1 is 0.889 bits per heavy atom. The minimum Gasteiger partial charge on any atom is -0.456 e. The van der Waals surface area contributed by atoms with Crippen molar-refractivity contribution in [3.8, 4) is 0 Å². The maximum absolute atomic E-state index is 9.51. The quantitative estimate of drug-likeness (QED) is 0.149. The number of furan rings is 1. The van der Waals surface area contributed by atoms with E-state index in [9.17, 15) is 6.85 Å². The second-order valence-electron chi connectivity index (χ2n) is 11.0. The number of fused-ring (bicyclic) bond motifs is 4.